The Balaban J connectivity index is 1.24. The third kappa shape index (κ3) is 5.09. The summed E-state index contributed by atoms with van der Waals surface area (Å²) >= 11 is 0. The molecule has 3 aromatic rings. The van der Waals surface area contributed by atoms with Gasteiger partial charge in [0.05, 0.1) is 5.56 Å². The summed E-state index contributed by atoms with van der Waals surface area (Å²) < 4.78 is 5.51. The van der Waals surface area contributed by atoms with Crippen LogP contribution in [-0.2, 0) is 9.53 Å². The topological polar surface area (TPSA) is 105 Å². The van der Waals surface area contributed by atoms with Gasteiger partial charge in [-0.3, -0.25) is 4.79 Å². The summed E-state index contributed by atoms with van der Waals surface area (Å²) in [5.41, 5.74) is 5.15. The lowest BCUT2D eigenvalue weighted by molar-refractivity contribution is -0.119. The largest absolute Gasteiger partial charge is 0.478 e. The highest BCUT2D eigenvalue weighted by molar-refractivity contribution is 5.94. The number of carboxylic acid groups (broad SMARTS) is 1. The molecule has 0 fully saturated rings. The second-order valence-corrected chi connectivity index (χ2v) is 8.32. The zero-order valence-electron chi connectivity index (χ0n) is 18.8. The molecule has 174 valence electrons. The third-order valence-corrected chi connectivity index (χ3v) is 6.02. The van der Waals surface area contributed by atoms with Crippen LogP contribution in [0.3, 0.4) is 0 Å². The van der Waals surface area contributed by atoms with Crippen molar-refractivity contribution in [3.8, 4) is 11.1 Å². The van der Waals surface area contributed by atoms with Crippen LogP contribution >= 0.6 is 0 Å². The minimum absolute atomic E-state index is 0.00980. The van der Waals surface area contributed by atoms with Crippen molar-refractivity contribution in [3.63, 3.8) is 0 Å². The second kappa shape index (κ2) is 10.2. The molecule has 1 aliphatic rings. The molecule has 0 aliphatic heterocycles. The van der Waals surface area contributed by atoms with Crippen molar-refractivity contribution in [1.82, 2.24) is 5.32 Å². The van der Waals surface area contributed by atoms with E-state index in [9.17, 15) is 14.4 Å². The van der Waals surface area contributed by atoms with E-state index in [1.54, 1.807) is 19.1 Å². The van der Waals surface area contributed by atoms with Crippen molar-refractivity contribution >= 4 is 23.7 Å². The quantitative estimate of drug-likeness (QED) is 0.446. The van der Waals surface area contributed by atoms with Gasteiger partial charge in [0.25, 0.3) is 0 Å². The van der Waals surface area contributed by atoms with E-state index in [0.29, 0.717) is 12.1 Å². The first-order chi connectivity index (χ1) is 16.4. The molecule has 2 amide bonds. The molecule has 4 rings (SSSR count). The standard InChI is InChI=1S/C27H26N2O5/c1-17(25(30)29-19-8-6-7-18(15-19)26(31)32)13-14-28-27(33)34-16-24-22-11-4-2-9-20(22)21-10-3-5-12-23(21)24/h2-12,15,17,24H,13-14,16H2,1H3,(H,28,33)(H,29,30)(H,31,32). The number of anilines is 1. The van der Waals surface area contributed by atoms with Crippen LogP contribution in [0.25, 0.3) is 11.1 Å². The lowest BCUT2D eigenvalue weighted by Gasteiger charge is -2.15. The van der Waals surface area contributed by atoms with Gasteiger partial charge < -0.3 is 20.5 Å². The number of hydrogen-bond donors (Lipinski definition) is 3. The van der Waals surface area contributed by atoms with Gasteiger partial charge in [0.1, 0.15) is 6.61 Å². The van der Waals surface area contributed by atoms with Gasteiger partial charge in [0, 0.05) is 24.1 Å². The molecular weight excluding hydrogens is 432 g/mol. The fourth-order valence-electron chi connectivity index (χ4n) is 4.17. The molecule has 7 heteroatoms. The van der Waals surface area contributed by atoms with E-state index in [-0.39, 0.29) is 36.5 Å². The van der Waals surface area contributed by atoms with Crippen LogP contribution in [0.1, 0.15) is 40.7 Å². The molecule has 0 heterocycles. The van der Waals surface area contributed by atoms with E-state index in [2.05, 4.69) is 34.9 Å². The zero-order chi connectivity index (χ0) is 24.1. The molecule has 0 bridgehead atoms. The summed E-state index contributed by atoms with van der Waals surface area (Å²) in [6, 6.07) is 22.3. The highest BCUT2D eigenvalue weighted by atomic mass is 16.5. The Morgan fingerprint density at radius 2 is 1.59 bits per heavy atom. The molecular formula is C27H26N2O5. The minimum atomic E-state index is -1.06. The number of fused-ring (bicyclic) bond motifs is 3. The number of carboxylic acids is 1. The van der Waals surface area contributed by atoms with E-state index in [1.165, 1.54) is 23.3 Å². The van der Waals surface area contributed by atoms with Crippen molar-refractivity contribution < 1.29 is 24.2 Å². The number of ether oxygens (including phenoxy) is 1. The summed E-state index contributed by atoms with van der Waals surface area (Å²) in [4.78, 5) is 35.8. The summed E-state index contributed by atoms with van der Waals surface area (Å²) in [6.45, 7) is 2.26. The van der Waals surface area contributed by atoms with E-state index in [4.69, 9.17) is 9.84 Å². The van der Waals surface area contributed by atoms with Crippen LogP contribution in [0.5, 0.6) is 0 Å². The molecule has 0 saturated heterocycles. The number of alkyl carbamates (subject to hydrolysis) is 1. The normalized spacial score (nSPS) is 12.9. The van der Waals surface area contributed by atoms with Crippen molar-refractivity contribution in [2.75, 3.05) is 18.5 Å². The monoisotopic (exact) mass is 458 g/mol. The van der Waals surface area contributed by atoms with Crippen LogP contribution in [0.4, 0.5) is 10.5 Å². The highest BCUT2D eigenvalue weighted by Crippen LogP contribution is 2.44. The predicted octanol–water partition coefficient (Wildman–Crippen LogP) is 4.89. The van der Waals surface area contributed by atoms with Gasteiger partial charge in [0.15, 0.2) is 0 Å². The van der Waals surface area contributed by atoms with Gasteiger partial charge >= 0.3 is 12.1 Å². The van der Waals surface area contributed by atoms with Gasteiger partial charge in [-0.05, 0) is 46.9 Å². The van der Waals surface area contributed by atoms with Crippen LogP contribution in [0, 0.1) is 5.92 Å². The predicted molar refractivity (Wildman–Crippen MR) is 129 cm³/mol. The summed E-state index contributed by atoms with van der Waals surface area (Å²) in [5.74, 6) is -1.71. The lowest BCUT2D eigenvalue weighted by atomic mass is 9.98. The number of aromatic carboxylic acids is 1. The van der Waals surface area contributed by atoms with Crippen LogP contribution in [-0.4, -0.2) is 36.2 Å². The molecule has 0 saturated carbocycles. The minimum Gasteiger partial charge on any atom is -0.478 e. The Kier molecular flexibility index (Phi) is 6.92. The van der Waals surface area contributed by atoms with E-state index >= 15 is 0 Å². The molecule has 3 aromatic carbocycles. The van der Waals surface area contributed by atoms with E-state index in [1.807, 2.05) is 24.3 Å². The first kappa shape index (κ1) is 23.0. The molecule has 1 unspecified atom stereocenters. The van der Waals surface area contributed by atoms with Crippen molar-refractivity contribution in [2.24, 2.45) is 5.92 Å². The second-order valence-electron chi connectivity index (χ2n) is 8.32. The fourth-order valence-corrected chi connectivity index (χ4v) is 4.17. The Morgan fingerprint density at radius 1 is 0.941 bits per heavy atom. The number of nitrogens with one attached hydrogen (secondary N) is 2. The van der Waals surface area contributed by atoms with Crippen molar-refractivity contribution in [1.29, 1.82) is 0 Å². The molecule has 0 radical (unpaired) electrons. The van der Waals surface area contributed by atoms with Crippen LogP contribution < -0.4 is 10.6 Å². The SMILES string of the molecule is CC(CCNC(=O)OCC1c2ccccc2-c2ccccc21)C(=O)Nc1cccc(C(=O)O)c1. The maximum atomic E-state index is 12.4. The number of hydrogen-bond acceptors (Lipinski definition) is 4. The number of carbonyl (C=O) groups excluding carboxylic acids is 2. The van der Waals surface area contributed by atoms with Crippen LogP contribution in [0.15, 0.2) is 72.8 Å². The highest BCUT2D eigenvalue weighted by Gasteiger charge is 2.29. The maximum Gasteiger partial charge on any atom is 0.407 e. The molecule has 0 spiro atoms. The van der Waals surface area contributed by atoms with E-state index in [0.717, 1.165) is 11.1 Å². The Bertz CT molecular complexity index is 1180. The number of benzene rings is 3. The van der Waals surface area contributed by atoms with E-state index < -0.39 is 12.1 Å². The third-order valence-electron chi connectivity index (χ3n) is 6.02. The van der Waals surface area contributed by atoms with Crippen molar-refractivity contribution in [2.45, 2.75) is 19.3 Å². The van der Waals surface area contributed by atoms with Gasteiger partial charge in [-0.1, -0.05) is 61.5 Å². The molecule has 3 N–H and O–H groups in total. The average molecular weight is 459 g/mol. The number of amides is 2. The first-order valence-electron chi connectivity index (χ1n) is 11.2. The summed E-state index contributed by atoms with van der Waals surface area (Å²) in [7, 11) is 0. The maximum absolute atomic E-state index is 12.4. The van der Waals surface area contributed by atoms with Crippen LogP contribution in [0.2, 0.25) is 0 Å². The lowest BCUT2D eigenvalue weighted by Crippen LogP contribution is -2.30. The molecule has 1 aliphatic carbocycles. The smallest absolute Gasteiger partial charge is 0.407 e. The first-order valence-corrected chi connectivity index (χ1v) is 11.2. The summed E-state index contributed by atoms with van der Waals surface area (Å²) in [6.07, 6.45) is -0.113. The van der Waals surface area contributed by atoms with Gasteiger partial charge in [0.2, 0.25) is 5.91 Å². The van der Waals surface area contributed by atoms with Gasteiger partial charge in [-0.25, -0.2) is 9.59 Å². The van der Waals surface area contributed by atoms with Crippen molar-refractivity contribution in [3.05, 3.63) is 89.5 Å². The number of rotatable bonds is 8. The average Bonchev–Trinajstić information content (AvgIpc) is 3.16. The molecule has 0 aromatic heterocycles. The van der Waals surface area contributed by atoms with Gasteiger partial charge in [-0.15, -0.1) is 0 Å². The Morgan fingerprint density at radius 3 is 2.24 bits per heavy atom. The molecule has 1 atom stereocenters. The summed E-state index contributed by atoms with van der Waals surface area (Å²) in [5, 5.41) is 14.5. The zero-order valence-corrected chi connectivity index (χ0v) is 18.8. The number of carbonyl (C=O) groups is 3. The molecule has 34 heavy (non-hydrogen) atoms. The van der Waals surface area contributed by atoms with Gasteiger partial charge in [-0.2, -0.15) is 0 Å². The Labute approximate surface area is 197 Å². The Hall–Kier alpha value is -4.13. The molecule has 7 nitrogen and oxygen atoms in total. The fraction of sp³-hybridized carbons (Fsp3) is 0.222.